The van der Waals surface area contributed by atoms with Crippen molar-refractivity contribution < 1.29 is 0 Å². The predicted molar refractivity (Wildman–Crippen MR) is 111 cm³/mol. The molecule has 0 bridgehead atoms. The fraction of sp³-hybridized carbons (Fsp3) is 0.238. The Morgan fingerprint density at radius 1 is 1.08 bits per heavy atom. The Morgan fingerprint density at radius 3 is 2.58 bits per heavy atom. The van der Waals surface area contributed by atoms with Crippen molar-refractivity contribution in [3.05, 3.63) is 70.9 Å². The van der Waals surface area contributed by atoms with Crippen LogP contribution in [0.2, 0.25) is 5.02 Å². The Morgan fingerprint density at radius 2 is 1.85 bits per heavy atom. The second-order valence-electron chi connectivity index (χ2n) is 6.09. The molecule has 0 atom stereocenters. The second-order valence-corrected chi connectivity index (χ2v) is 6.53. The number of rotatable bonds is 7. The molecule has 1 aromatic heterocycles. The molecule has 0 aliphatic carbocycles. The van der Waals surface area contributed by atoms with Crippen LogP contribution in [-0.4, -0.2) is 29.2 Å². The van der Waals surface area contributed by atoms with Crippen LogP contribution in [0, 0.1) is 0 Å². The molecule has 2 aromatic carbocycles. The maximum Gasteiger partial charge on any atom is 0.0738 e. The molecule has 0 aliphatic heterocycles. The minimum Gasteiger partial charge on any atom is -0.300 e. The van der Waals surface area contributed by atoms with Crippen LogP contribution < -0.4 is 5.43 Å². The first-order valence-electron chi connectivity index (χ1n) is 8.84. The molecule has 26 heavy (non-hydrogen) atoms. The topological polar surface area (TPSA) is 40.5 Å². The molecule has 5 heteroatoms. The van der Waals surface area contributed by atoms with Gasteiger partial charge in [-0.15, -0.1) is 0 Å². The fourth-order valence-corrected chi connectivity index (χ4v) is 2.98. The molecule has 0 aliphatic rings. The number of anilines is 1. The van der Waals surface area contributed by atoms with Gasteiger partial charge in [-0.1, -0.05) is 49.7 Å². The Balaban J connectivity index is 1.67. The minimum absolute atomic E-state index is 0.676. The highest BCUT2D eigenvalue weighted by molar-refractivity contribution is 6.31. The highest BCUT2D eigenvalue weighted by atomic mass is 35.5. The number of halogens is 1. The van der Waals surface area contributed by atoms with Gasteiger partial charge in [0.2, 0.25) is 0 Å². The normalized spacial score (nSPS) is 11.5. The monoisotopic (exact) mass is 366 g/mol. The first-order chi connectivity index (χ1) is 12.7. The summed E-state index contributed by atoms with van der Waals surface area (Å²) in [7, 11) is 0. The molecular weight excluding hydrogens is 344 g/mol. The van der Waals surface area contributed by atoms with Crippen molar-refractivity contribution in [1.29, 1.82) is 0 Å². The smallest absolute Gasteiger partial charge is 0.0738 e. The highest BCUT2D eigenvalue weighted by Crippen LogP contribution is 2.24. The van der Waals surface area contributed by atoms with Crippen molar-refractivity contribution in [3.63, 3.8) is 0 Å². The zero-order valence-electron chi connectivity index (χ0n) is 15.1. The average Bonchev–Trinajstić information content (AvgIpc) is 2.67. The third-order valence-electron chi connectivity index (χ3n) is 4.38. The zero-order valence-corrected chi connectivity index (χ0v) is 15.9. The van der Waals surface area contributed by atoms with E-state index in [1.807, 2.05) is 30.5 Å². The van der Waals surface area contributed by atoms with E-state index >= 15 is 0 Å². The molecule has 3 aromatic rings. The molecule has 0 spiro atoms. The average molecular weight is 367 g/mol. The number of aromatic nitrogens is 1. The highest BCUT2D eigenvalue weighted by Gasteiger charge is 2.02. The van der Waals surface area contributed by atoms with E-state index in [1.165, 1.54) is 5.56 Å². The number of fused-ring (bicyclic) bond motifs is 1. The van der Waals surface area contributed by atoms with Gasteiger partial charge in [0.05, 0.1) is 17.4 Å². The van der Waals surface area contributed by atoms with Gasteiger partial charge in [0.15, 0.2) is 0 Å². The van der Waals surface area contributed by atoms with Crippen molar-refractivity contribution in [3.8, 4) is 0 Å². The maximum absolute atomic E-state index is 6.03. The summed E-state index contributed by atoms with van der Waals surface area (Å²) in [6.07, 6.45) is 3.57. The molecule has 0 saturated heterocycles. The number of benzene rings is 2. The first-order valence-corrected chi connectivity index (χ1v) is 9.22. The Kier molecular flexibility index (Phi) is 6.21. The molecule has 0 radical (unpaired) electrons. The van der Waals surface area contributed by atoms with Crippen molar-refractivity contribution >= 4 is 34.4 Å². The molecule has 0 fully saturated rings. The molecule has 0 unspecified atom stereocenters. The molecule has 0 saturated carbocycles. The van der Waals surface area contributed by atoms with Crippen molar-refractivity contribution in [2.24, 2.45) is 5.10 Å². The minimum atomic E-state index is 0.676. The fourth-order valence-electron chi connectivity index (χ4n) is 2.81. The maximum atomic E-state index is 6.03. The number of nitrogens with zero attached hydrogens (tertiary/aromatic N) is 3. The van der Waals surface area contributed by atoms with E-state index in [0.717, 1.165) is 41.8 Å². The summed E-state index contributed by atoms with van der Waals surface area (Å²) in [6.45, 7) is 7.48. The zero-order chi connectivity index (χ0) is 18.4. The van der Waals surface area contributed by atoms with Crippen LogP contribution in [0.3, 0.4) is 0 Å². The first kappa shape index (κ1) is 18.4. The van der Waals surface area contributed by atoms with Gasteiger partial charge in [-0.2, -0.15) is 5.10 Å². The summed E-state index contributed by atoms with van der Waals surface area (Å²) in [5.74, 6) is 0. The van der Waals surface area contributed by atoms with E-state index in [2.05, 4.69) is 58.5 Å². The number of hydrogen-bond acceptors (Lipinski definition) is 4. The van der Waals surface area contributed by atoms with Crippen LogP contribution in [0.25, 0.3) is 10.9 Å². The molecule has 4 nitrogen and oxygen atoms in total. The summed E-state index contributed by atoms with van der Waals surface area (Å²) in [5, 5.41) is 6.03. The van der Waals surface area contributed by atoms with E-state index in [-0.39, 0.29) is 0 Å². The lowest BCUT2D eigenvalue weighted by Crippen LogP contribution is -2.21. The standard InChI is InChI=1S/C21H23ClN4/c1-3-26(4-2)15-17-7-5-16(6-8-17)14-24-25-20-11-12-23-21-13-18(22)9-10-19(20)21/h5-14H,3-4,15H2,1-2H3,(H,23,25). The number of hydrogen-bond donors (Lipinski definition) is 1. The van der Waals surface area contributed by atoms with E-state index in [0.29, 0.717) is 5.02 Å². The van der Waals surface area contributed by atoms with Gasteiger partial charge in [-0.3, -0.25) is 15.3 Å². The van der Waals surface area contributed by atoms with Gasteiger partial charge in [-0.25, -0.2) is 0 Å². The van der Waals surface area contributed by atoms with Crippen LogP contribution in [0.4, 0.5) is 5.69 Å². The summed E-state index contributed by atoms with van der Waals surface area (Å²) in [6, 6.07) is 16.1. The Labute approximate surface area is 159 Å². The molecule has 1 N–H and O–H groups in total. The van der Waals surface area contributed by atoms with Crippen LogP contribution in [0.5, 0.6) is 0 Å². The number of pyridine rings is 1. The molecule has 0 amide bonds. The molecular formula is C21H23ClN4. The summed E-state index contributed by atoms with van der Waals surface area (Å²) in [4.78, 5) is 6.73. The van der Waals surface area contributed by atoms with E-state index in [1.54, 1.807) is 6.20 Å². The molecule has 1 heterocycles. The van der Waals surface area contributed by atoms with Crippen LogP contribution >= 0.6 is 11.6 Å². The SMILES string of the molecule is CCN(CC)Cc1ccc(C=NNc2ccnc3cc(Cl)ccc23)cc1. The van der Waals surface area contributed by atoms with Crippen molar-refractivity contribution in [1.82, 2.24) is 9.88 Å². The van der Waals surface area contributed by atoms with Crippen LogP contribution in [0.15, 0.2) is 59.8 Å². The second kappa shape index (κ2) is 8.79. The lowest BCUT2D eigenvalue weighted by Gasteiger charge is -2.17. The number of hydrazone groups is 1. The lowest BCUT2D eigenvalue weighted by molar-refractivity contribution is 0.296. The van der Waals surface area contributed by atoms with E-state index in [9.17, 15) is 0 Å². The summed E-state index contributed by atoms with van der Waals surface area (Å²) >= 11 is 6.03. The third kappa shape index (κ3) is 4.59. The van der Waals surface area contributed by atoms with Crippen LogP contribution in [0.1, 0.15) is 25.0 Å². The lowest BCUT2D eigenvalue weighted by atomic mass is 10.1. The van der Waals surface area contributed by atoms with Gasteiger partial charge < -0.3 is 0 Å². The molecule has 3 rings (SSSR count). The molecule has 134 valence electrons. The van der Waals surface area contributed by atoms with Crippen molar-refractivity contribution in [2.75, 3.05) is 18.5 Å². The predicted octanol–water partition coefficient (Wildman–Crippen LogP) is 5.18. The van der Waals surface area contributed by atoms with Gasteiger partial charge in [0.1, 0.15) is 0 Å². The van der Waals surface area contributed by atoms with E-state index < -0.39 is 0 Å². The van der Waals surface area contributed by atoms with Crippen LogP contribution in [-0.2, 0) is 6.54 Å². The van der Waals surface area contributed by atoms with Gasteiger partial charge in [0.25, 0.3) is 0 Å². The number of nitrogens with one attached hydrogen (secondary N) is 1. The van der Waals surface area contributed by atoms with Gasteiger partial charge in [0, 0.05) is 23.2 Å². The quantitative estimate of drug-likeness (QED) is 0.463. The van der Waals surface area contributed by atoms with Gasteiger partial charge in [-0.05, 0) is 48.5 Å². The third-order valence-corrected chi connectivity index (χ3v) is 4.62. The summed E-state index contributed by atoms with van der Waals surface area (Å²) in [5.41, 5.74) is 7.22. The Hall–Kier alpha value is -2.43. The van der Waals surface area contributed by atoms with E-state index in [4.69, 9.17) is 11.6 Å². The largest absolute Gasteiger partial charge is 0.300 e. The van der Waals surface area contributed by atoms with Crippen molar-refractivity contribution in [2.45, 2.75) is 20.4 Å². The van der Waals surface area contributed by atoms with Gasteiger partial charge >= 0.3 is 0 Å². The summed E-state index contributed by atoms with van der Waals surface area (Å²) < 4.78 is 0. The Bertz CT molecular complexity index is 886.